The van der Waals surface area contributed by atoms with E-state index >= 15 is 0 Å². The smallest absolute Gasteiger partial charge is 0.253 e. The Balaban J connectivity index is 1.81. The van der Waals surface area contributed by atoms with Crippen molar-refractivity contribution in [3.05, 3.63) is 35.4 Å². The van der Waals surface area contributed by atoms with E-state index in [0.717, 1.165) is 36.9 Å². The van der Waals surface area contributed by atoms with E-state index < -0.39 is 0 Å². The van der Waals surface area contributed by atoms with Crippen molar-refractivity contribution in [3.63, 3.8) is 0 Å². The molecule has 1 saturated heterocycles. The van der Waals surface area contributed by atoms with E-state index in [0.29, 0.717) is 19.0 Å². The van der Waals surface area contributed by atoms with Crippen molar-refractivity contribution in [2.75, 3.05) is 19.6 Å². The van der Waals surface area contributed by atoms with Crippen molar-refractivity contribution in [2.24, 2.45) is 11.8 Å². The summed E-state index contributed by atoms with van der Waals surface area (Å²) in [5, 5.41) is 3.02. The molecule has 1 aliphatic heterocycles. The van der Waals surface area contributed by atoms with Crippen LogP contribution in [-0.2, 0) is 4.79 Å². The van der Waals surface area contributed by atoms with Crippen molar-refractivity contribution < 1.29 is 9.59 Å². The number of benzene rings is 1. The van der Waals surface area contributed by atoms with Crippen LogP contribution in [-0.4, -0.2) is 36.3 Å². The highest BCUT2D eigenvalue weighted by atomic mass is 16.2. The van der Waals surface area contributed by atoms with E-state index in [1.807, 2.05) is 36.1 Å². The van der Waals surface area contributed by atoms with E-state index in [9.17, 15) is 9.59 Å². The third kappa shape index (κ3) is 5.08. The molecular formula is C19H28N2O2. The van der Waals surface area contributed by atoms with Gasteiger partial charge in [0.1, 0.15) is 0 Å². The average molecular weight is 316 g/mol. The van der Waals surface area contributed by atoms with Crippen molar-refractivity contribution >= 4 is 11.8 Å². The van der Waals surface area contributed by atoms with Crippen LogP contribution >= 0.6 is 0 Å². The summed E-state index contributed by atoms with van der Waals surface area (Å²) in [6, 6.07) is 7.69. The molecule has 23 heavy (non-hydrogen) atoms. The van der Waals surface area contributed by atoms with Crippen LogP contribution in [0.2, 0.25) is 0 Å². The van der Waals surface area contributed by atoms with Gasteiger partial charge in [-0.1, -0.05) is 31.5 Å². The quantitative estimate of drug-likeness (QED) is 0.908. The van der Waals surface area contributed by atoms with Gasteiger partial charge in [-0.2, -0.15) is 0 Å². The average Bonchev–Trinajstić information content (AvgIpc) is 2.54. The Labute approximate surface area is 139 Å². The molecule has 0 aromatic heterocycles. The van der Waals surface area contributed by atoms with Crippen LogP contribution < -0.4 is 5.32 Å². The predicted octanol–water partition coefficient (Wildman–Crippen LogP) is 3.01. The maximum Gasteiger partial charge on any atom is 0.253 e. The summed E-state index contributed by atoms with van der Waals surface area (Å²) in [6.45, 7) is 8.37. The normalized spacial score (nSPS) is 15.7. The number of carbonyl (C=O) groups is 2. The molecule has 1 aromatic carbocycles. The lowest BCUT2D eigenvalue weighted by molar-refractivity contribution is -0.126. The fourth-order valence-corrected chi connectivity index (χ4v) is 2.93. The van der Waals surface area contributed by atoms with Crippen LogP contribution in [0.25, 0.3) is 0 Å². The first-order valence-electron chi connectivity index (χ1n) is 8.61. The Morgan fingerprint density at radius 3 is 2.57 bits per heavy atom. The van der Waals surface area contributed by atoms with E-state index in [1.54, 1.807) is 0 Å². The zero-order chi connectivity index (χ0) is 16.8. The number of hydrogen-bond donors (Lipinski definition) is 1. The topological polar surface area (TPSA) is 49.4 Å². The zero-order valence-corrected chi connectivity index (χ0v) is 14.5. The van der Waals surface area contributed by atoms with Gasteiger partial charge in [-0.15, -0.1) is 0 Å². The number of nitrogens with zero attached hydrogens (tertiary/aromatic N) is 1. The summed E-state index contributed by atoms with van der Waals surface area (Å²) in [5.41, 5.74) is 1.83. The lowest BCUT2D eigenvalue weighted by Gasteiger charge is -2.31. The minimum absolute atomic E-state index is 0.0451. The number of piperidine rings is 1. The van der Waals surface area contributed by atoms with Crippen LogP contribution in [0.3, 0.4) is 0 Å². The Morgan fingerprint density at radius 2 is 1.96 bits per heavy atom. The molecule has 0 unspecified atom stereocenters. The number of rotatable bonds is 5. The summed E-state index contributed by atoms with van der Waals surface area (Å²) in [6.07, 6.45) is 2.52. The highest BCUT2D eigenvalue weighted by Gasteiger charge is 2.27. The predicted molar refractivity (Wildman–Crippen MR) is 92.3 cm³/mol. The zero-order valence-electron chi connectivity index (χ0n) is 14.5. The van der Waals surface area contributed by atoms with E-state index in [4.69, 9.17) is 0 Å². The Morgan fingerprint density at radius 1 is 1.26 bits per heavy atom. The molecule has 1 aromatic rings. The first kappa shape index (κ1) is 17.5. The summed E-state index contributed by atoms with van der Waals surface area (Å²) >= 11 is 0. The van der Waals surface area contributed by atoms with Gasteiger partial charge < -0.3 is 10.2 Å². The van der Waals surface area contributed by atoms with Crippen molar-refractivity contribution in [1.82, 2.24) is 10.2 Å². The minimum atomic E-state index is 0.0451. The molecule has 0 aliphatic carbocycles. The molecule has 2 rings (SSSR count). The molecule has 0 saturated carbocycles. The van der Waals surface area contributed by atoms with Crippen LogP contribution in [0.1, 0.15) is 49.0 Å². The first-order chi connectivity index (χ1) is 11.0. The molecule has 1 aliphatic rings. The fraction of sp³-hybridized carbons (Fsp3) is 0.579. The summed E-state index contributed by atoms with van der Waals surface area (Å²) in [4.78, 5) is 26.5. The first-order valence-corrected chi connectivity index (χ1v) is 8.61. The molecular weight excluding hydrogens is 288 g/mol. The van der Waals surface area contributed by atoms with Gasteiger partial charge >= 0.3 is 0 Å². The SMILES string of the molecule is Cc1cccc(C(=O)N2CCC(C(=O)NCCC(C)C)CC2)c1. The molecule has 1 fully saturated rings. The maximum atomic E-state index is 12.5. The standard InChI is InChI=1S/C19H28N2O2/c1-14(2)7-10-20-18(22)16-8-11-21(12-9-16)19(23)17-6-4-5-15(3)13-17/h4-6,13-14,16H,7-12H2,1-3H3,(H,20,22). The van der Waals surface area contributed by atoms with Gasteiger partial charge in [-0.25, -0.2) is 0 Å². The number of aryl methyl sites for hydroxylation is 1. The van der Waals surface area contributed by atoms with Crippen LogP contribution in [0.15, 0.2) is 24.3 Å². The highest BCUT2D eigenvalue weighted by Crippen LogP contribution is 2.19. The van der Waals surface area contributed by atoms with Crippen LogP contribution in [0.4, 0.5) is 0 Å². The van der Waals surface area contributed by atoms with Gasteiger partial charge in [0.25, 0.3) is 5.91 Å². The molecule has 4 heteroatoms. The van der Waals surface area contributed by atoms with Gasteiger partial charge in [0.2, 0.25) is 5.91 Å². The van der Waals surface area contributed by atoms with Gasteiger partial charge in [-0.05, 0) is 44.2 Å². The number of hydrogen-bond acceptors (Lipinski definition) is 2. The second kappa shape index (κ2) is 8.14. The number of likely N-dealkylation sites (tertiary alicyclic amines) is 1. The van der Waals surface area contributed by atoms with Gasteiger partial charge in [-0.3, -0.25) is 9.59 Å². The second-order valence-corrected chi connectivity index (χ2v) is 6.91. The summed E-state index contributed by atoms with van der Waals surface area (Å²) < 4.78 is 0. The lowest BCUT2D eigenvalue weighted by Crippen LogP contribution is -2.43. The molecule has 1 heterocycles. The molecule has 1 N–H and O–H groups in total. The highest BCUT2D eigenvalue weighted by molar-refractivity contribution is 5.94. The lowest BCUT2D eigenvalue weighted by atomic mass is 9.95. The molecule has 126 valence electrons. The van der Waals surface area contributed by atoms with E-state index in [2.05, 4.69) is 19.2 Å². The third-order valence-corrected chi connectivity index (χ3v) is 4.44. The van der Waals surface area contributed by atoms with Crippen molar-refractivity contribution in [2.45, 2.75) is 40.0 Å². The Hall–Kier alpha value is -1.84. The van der Waals surface area contributed by atoms with Crippen molar-refractivity contribution in [3.8, 4) is 0 Å². The second-order valence-electron chi connectivity index (χ2n) is 6.91. The Kier molecular flexibility index (Phi) is 6.20. The third-order valence-electron chi connectivity index (χ3n) is 4.44. The van der Waals surface area contributed by atoms with Gasteiger partial charge in [0, 0.05) is 31.1 Å². The monoisotopic (exact) mass is 316 g/mol. The molecule has 4 nitrogen and oxygen atoms in total. The molecule has 0 atom stereocenters. The van der Waals surface area contributed by atoms with Crippen molar-refractivity contribution in [1.29, 1.82) is 0 Å². The van der Waals surface area contributed by atoms with Crippen LogP contribution in [0, 0.1) is 18.8 Å². The Bertz CT molecular complexity index is 546. The molecule has 0 radical (unpaired) electrons. The fourth-order valence-electron chi connectivity index (χ4n) is 2.93. The molecule has 0 spiro atoms. The van der Waals surface area contributed by atoms with E-state index in [1.165, 1.54) is 0 Å². The summed E-state index contributed by atoms with van der Waals surface area (Å²) in [5.74, 6) is 0.869. The summed E-state index contributed by atoms with van der Waals surface area (Å²) in [7, 11) is 0. The number of amides is 2. The van der Waals surface area contributed by atoms with Gasteiger partial charge in [0.05, 0.1) is 0 Å². The van der Waals surface area contributed by atoms with Gasteiger partial charge in [0.15, 0.2) is 0 Å². The largest absolute Gasteiger partial charge is 0.356 e. The van der Waals surface area contributed by atoms with Crippen LogP contribution in [0.5, 0.6) is 0 Å². The number of carbonyl (C=O) groups excluding carboxylic acids is 2. The van der Waals surface area contributed by atoms with E-state index in [-0.39, 0.29) is 17.7 Å². The molecule has 2 amide bonds. The minimum Gasteiger partial charge on any atom is -0.356 e. The number of nitrogens with one attached hydrogen (secondary N) is 1. The molecule has 0 bridgehead atoms. The maximum absolute atomic E-state index is 12.5.